The summed E-state index contributed by atoms with van der Waals surface area (Å²) in [5.41, 5.74) is 5.53. The van der Waals surface area contributed by atoms with Crippen molar-refractivity contribution >= 4 is 33.7 Å². The summed E-state index contributed by atoms with van der Waals surface area (Å²) in [6, 6.07) is 18.0. The van der Waals surface area contributed by atoms with E-state index in [2.05, 4.69) is 35.0 Å². The van der Waals surface area contributed by atoms with Crippen LogP contribution < -0.4 is 4.90 Å². The van der Waals surface area contributed by atoms with E-state index < -0.39 is 0 Å². The number of hydrogen-bond donors (Lipinski definition) is 1. The van der Waals surface area contributed by atoms with Crippen LogP contribution in [0, 0.1) is 0 Å². The Labute approximate surface area is 204 Å². The van der Waals surface area contributed by atoms with Crippen molar-refractivity contribution in [3.05, 3.63) is 66.0 Å². The topological polar surface area (TPSA) is 91.8 Å². The summed E-state index contributed by atoms with van der Waals surface area (Å²) < 4.78 is 0. The smallest absolute Gasteiger partial charge is 0.204 e. The molecule has 8 heteroatoms. The fourth-order valence-electron chi connectivity index (χ4n) is 4.34. The van der Waals surface area contributed by atoms with Crippen LogP contribution in [0.2, 0.25) is 0 Å². The maximum absolute atomic E-state index is 10.1. The average molecular weight is 468 g/mol. The van der Waals surface area contributed by atoms with Crippen molar-refractivity contribution in [3.63, 3.8) is 0 Å². The molecule has 0 saturated carbocycles. The molecule has 0 amide bonds. The molecule has 5 rings (SSSR count). The zero-order valence-corrected chi connectivity index (χ0v) is 20.3. The van der Waals surface area contributed by atoms with Crippen LogP contribution in [0.1, 0.15) is 45.0 Å². The van der Waals surface area contributed by atoms with Gasteiger partial charge in [-0.05, 0) is 50.1 Å². The van der Waals surface area contributed by atoms with Crippen LogP contribution in [-0.4, -0.2) is 49.5 Å². The zero-order chi connectivity index (χ0) is 24.4. The molecule has 0 unspecified atom stereocenters. The molecule has 0 aliphatic carbocycles. The maximum atomic E-state index is 10.1. The highest BCUT2D eigenvalue weighted by molar-refractivity contribution is 6.48. The lowest BCUT2D eigenvalue weighted by molar-refractivity contribution is 0.282. The number of benzene rings is 2. The molecular formula is C27H29N7O. The lowest BCUT2D eigenvalue weighted by Gasteiger charge is -2.24. The van der Waals surface area contributed by atoms with E-state index in [0.717, 1.165) is 53.8 Å². The van der Waals surface area contributed by atoms with Crippen molar-refractivity contribution in [2.45, 2.75) is 40.2 Å². The first kappa shape index (κ1) is 22.9. The Morgan fingerprint density at radius 3 is 2.54 bits per heavy atom. The summed E-state index contributed by atoms with van der Waals surface area (Å²) in [7, 11) is 0. The molecule has 178 valence electrons. The van der Waals surface area contributed by atoms with Gasteiger partial charge in [-0.2, -0.15) is 5.10 Å². The minimum absolute atomic E-state index is 0.0960. The molecule has 1 aliphatic heterocycles. The maximum Gasteiger partial charge on any atom is 0.204 e. The van der Waals surface area contributed by atoms with Crippen LogP contribution in [0.5, 0.6) is 0 Å². The van der Waals surface area contributed by atoms with Crippen LogP contribution in [-0.2, 0) is 6.61 Å². The molecule has 0 saturated heterocycles. The quantitative estimate of drug-likeness (QED) is 0.395. The Bertz CT molecular complexity index is 1430. The second-order valence-corrected chi connectivity index (χ2v) is 8.64. The van der Waals surface area contributed by atoms with Gasteiger partial charge < -0.3 is 10.0 Å². The summed E-state index contributed by atoms with van der Waals surface area (Å²) >= 11 is 0. The molecule has 1 N–H and O–H groups in total. The van der Waals surface area contributed by atoms with Gasteiger partial charge in [-0.1, -0.05) is 38.1 Å². The second-order valence-electron chi connectivity index (χ2n) is 8.64. The Morgan fingerprint density at radius 1 is 0.971 bits per heavy atom. The minimum atomic E-state index is -0.0960. The summed E-state index contributed by atoms with van der Waals surface area (Å²) in [5, 5.41) is 20.2. The van der Waals surface area contributed by atoms with Gasteiger partial charge in [-0.3, -0.25) is 0 Å². The van der Waals surface area contributed by atoms with Crippen molar-refractivity contribution in [1.29, 1.82) is 0 Å². The first-order valence-corrected chi connectivity index (χ1v) is 12.1. The van der Waals surface area contributed by atoms with E-state index in [1.54, 1.807) is 0 Å². The Balaban J connectivity index is 1.50. The number of aliphatic imine (C=N–C) groups is 1. The summed E-state index contributed by atoms with van der Waals surface area (Å²) in [6.07, 6.45) is 2.14. The van der Waals surface area contributed by atoms with Crippen molar-refractivity contribution in [3.8, 4) is 11.5 Å². The van der Waals surface area contributed by atoms with Crippen LogP contribution in [0.3, 0.4) is 0 Å². The molecule has 0 atom stereocenters. The number of aromatic nitrogens is 4. The van der Waals surface area contributed by atoms with Crippen molar-refractivity contribution in [2.24, 2.45) is 10.1 Å². The highest BCUT2D eigenvalue weighted by Gasteiger charge is 2.26. The Kier molecular flexibility index (Phi) is 6.37. The number of nitrogens with zero attached hydrogens (tertiary/aromatic N) is 7. The lowest BCUT2D eigenvalue weighted by Crippen LogP contribution is -2.24. The number of para-hydroxylation sites is 1. The SMILES string of the molecule is CCCN(CCC)c1ccc(/N=C2/C(C)=Nn3nc(-c4ccc5ccccc5n4)nc32)c(CO)c1. The van der Waals surface area contributed by atoms with Gasteiger partial charge in [-0.25, -0.2) is 15.0 Å². The Hall–Kier alpha value is -3.91. The molecule has 35 heavy (non-hydrogen) atoms. The molecule has 0 bridgehead atoms. The molecule has 8 nitrogen and oxygen atoms in total. The normalized spacial score (nSPS) is 13.9. The molecule has 0 radical (unpaired) electrons. The number of hydrogen-bond acceptors (Lipinski definition) is 7. The average Bonchev–Trinajstić information content (AvgIpc) is 3.41. The number of aliphatic hydroxyl groups excluding tert-OH is 1. The van der Waals surface area contributed by atoms with E-state index in [0.29, 0.717) is 28.7 Å². The van der Waals surface area contributed by atoms with Gasteiger partial charge >= 0.3 is 0 Å². The number of aliphatic hydroxyl groups is 1. The minimum Gasteiger partial charge on any atom is -0.392 e. The summed E-state index contributed by atoms with van der Waals surface area (Å²) in [4.78, 5) is 18.1. The van der Waals surface area contributed by atoms with Gasteiger partial charge in [0.25, 0.3) is 0 Å². The van der Waals surface area contributed by atoms with Crippen LogP contribution in [0.25, 0.3) is 22.4 Å². The van der Waals surface area contributed by atoms with Crippen molar-refractivity contribution in [2.75, 3.05) is 18.0 Å². The standard InChI is InChI=1S/C27H29N7O/c1-4-14-33(15-5-2)21-11-13-23(20(16-21)17-35)29-25-18(3)31-34-27(25)30-26(32-34)24-12-10-19-8-6-7-9-22(19)28-24/h6-13,16,35H,4-5,14-15,17H2,1-3H3/b29-25-. The highest BCUT2D eigenvalue weighted by atomic mass is 16.3. The van der Waals surface area contributed by atoms with E-state index in [-0.39, 0.29) is 6.61 Å². The highest BCUT2D eigenvalue weighted by Crippen LogP contribution is 2.28. The fourth-order valence-corrected chi connectivity index (χ4v) is 4.34. The van der Waals surface area contributed by atoms with Crippen LogP contribution in [0.4, 0.5) is 11.4 Å². The molecule has 2 aromatic heterocycles. The summed E-state index contributed by atoms with van der Waals surface area (Å²) in [5.74, 6) is 1.07. The van der Waals surface area contributed by atoms with E-state index in [9.17, 15) is 5.11 Å². The van der Waals surface area contributed by atoms with E-state index in [1.807, 2.05) is 55.5 Å². The lowest BCUT2D eigenvalue weighted by atomic mass is 10.1. The molecule has 4 aromatic rings. The monoisotopic (exact) mass is 467 g/mol. The predicted molar refractivity (Wildman–Crippen MR) is 141 cm³/mol. The van der Waals surface area contributed by atoms with E-state index in [4.69, 9.17) is 15.0 Å². The third kappa shape index (κ3) is 4.44. The van der Waals surface area contributed by atoms with Crippen LogP contribution >= 0.6 is 0 Å². The third-order valence-electron chi connectivity index (χ3n) is 6.04. The molecule has 3 heterocycles. The first-order chi connectivity index (χ1) is 17.1. The number of fused-ring (bicyclic) bond motifs is 2. The number of rotatable bonds is 8. The van der Waals surface area contributed by atoms with Gasteiger partial charge in [0.2, 0.25) is 11.6 Å². The molecule has 0 fully saturated rings. The summed E-state index contributed by atoms with van der Waals surface area (Å²) in [6.45, 7) is 8.10. The second kappa shape index (κ2) is 9.76. The van der Waals surface area contributed by atoms with Crippen molar-refractivity contribution < 1.29 is 5.11 Å². The number of pyridine rings is 1. The van der Waals surface area contributed by atoms with Crippen LogP contribution in [0.15, 0.2) is 64.7 Å². The fraction of sp³-hybridized carbons (Fsp3) is 0.296. The zero-order valence-electron chi connectivity index (χ0n) is 20.3. The van der Waals surface area contributed by atoms with Gasteiger partial charge in [-0.15, -0.1) is 9.89 Å². The largest absolute Gasteiger partial charge is 0.392 e. The van der Waals surface area contributed by atoms with Crippen molar-refractivity contribution in [1.82, 2.24) is 19.9 Å². The molecule has 1 aliphatic rings. The third-order valence-corrected chi connectivity index (χ3v) is 6.04. The molecule has 2 aromatic carbocycles. The van der Waals surface area contributed by atoms with Gasteiger partial charge in [0.15, 0.2) is 0 Å². The predicted octanol–water partition coefficient (Wildman–Crippen LogP) is 4.97. The molecular weight excluding hydrogens is 438 g/mol. The Morgan fingerprint density at radius 2 is 1.77 bits per heavy atom. The van der Waals surface area contributed by atoms with Gasteiger partial charge in [0, 0.05) is 29.7 Å². The van der Waals surface area contributed by atoms with E-state index >= 15 is 0 Å². The molecule has 0 spiro atoms. The number of anilines is 1. The first-order valence-electron chi connectivity index (χ1n) is 12.1. The van der Waals surface area contributed by atoms with Gasteiger partial charge in [0.1, 0.15) is 11.4 Å². The van der Waals surface area contributed by atoms with E-state index in [1.165, 1.54) is 4.79 Å². The van der Waals surface area contributed by atoms with Gasteiger partial charge in [0.05, 0.1) is 23.5 Å².